The van der Waals surface area contributed by atoms with Gasteiger partial charge >= 0.3 is 5.97 Å². The van der Waals surface area contributed by atoms with E-state index in [1.807, 2.05) is 0 Å². The molecule has 0 radical (unpaired) electrons. The largest absolute Gasteiger partial charge is 0.462 e. The monoisotopic (exact) mass is 648 g/mol. The smallest absolute Gasteiger partial charge is 0.333 e. The topological polar surface area (TPSA) is 26.3 Å². The Kier molecular flexibility index (Phi) is 15.1. The van der Waals surface area contributed by atoms with E-state index in [9.17, 15) is 4.79 Å². The van der Waals surface area contributed by atoms with Gasteiger partial charge in [0, 0.05) is 5.57 Å². The summed E-state index contributed by atoms with van der Waals surface area (Å²) in [5.74, 6) is -0.258. The standard InChI is InChI=1S/C15H27I3O2Si/c1-14(2)15(19)20-12-10-8-6-4-3-5-7-9-11-13-21(16,17)18/h1,3-13H2,2H3. The van der Waals surface area contributed by atoms with Crippen LogP contribution in [0.15, 0.2) is 12.2 Å². The SMILES string of the molecule is C=C(C)C(=O)OCCCCCCCCCCC[Si](I)(I)I. The van der Waals surface area contributed by atoms with E-state index in [4.69, 9.17) is 4.74 Å². The van der Waals surface area contributed by atoms with E-state index in [2.05, 4.69) is 72.0 Å². The van der Waals surface area contributed by atoms with Gasteiger partial charge in [-0.1, -0.05) is 123 Å². The molecule has 0 rings (SSSR count). The predicted molar refractivity (Wildman–Crippen MR) is 120 cm³/mol. The molecule has 0 unspecified atom stereocenters. The summed E-state index contributed by atoms with van der Waals surface area (Å²) in [5.41, 5.74) is 0.489. The van der Waals surface area contributed by atoms with Crippen molar-refractivity contribution in [3.63, 3.8) is 0 Å². The number of esters is 1. The molecule has 2 nitrogen and oxygen atoms in total. The van der Waals surface area contributed by atoms with Crippen molar-refractivity contribution in [1.82, 2.24) is 0 Å². The summed E-state index contributed by atoms with van der Waals surface area (Å²) < 4.78 is 4.17. The average Bonchev–Trinajstić information content (AvgIpc) is 2.38. The van der Waals surface area contributed by atoms with Crippen LogP contribution in [0.5, 0.6) is 0 Å². The fraction of sp³-hybridized carbons (Fsp3) is 0.800. The lowest BCUT2D eigenvalue weighted by Gasteiger charge is -2.08. The number of carbonyl (C=O) groups is 1. The number of unbranched alkanes of at least 4 members (excludes halogenated alkanes) is 8. The minimum Gasteiger partial charge on any atom is -0.462 e. The summed E-state index contributed by atoms with van der Waals surface area (Å²) in [6.07, 6.45) is 11.7. The summed E-state index contributed by atoms with van der Waals surface area (Å²) in [4.78, 5) is 11.1. The average molecular weight is 648 g/mol. The van der Waals surface area contributed by atoms with E-state index in [0.29, 0.717) is 12.2 Å². The molecule has 0 aromatic heterocycles. The van der Waals surface area contributed by atoms with Crippen molar-refractivity contribution in [1.29, 1.82) is 0 Å². The predicted octanol–water partition coefficient (Wildman–Crippen LogP) is 6.86. The molecule has 0 aromatic rings. The summed E-state index contributed by atoms with van der Waals surface area (Å²) in [7, 11) is 0. The van der Waals surface area contributed by atoms with E-state index in [-0.39, 0.29) is 5.97 Å². The third-order valence-corrected chi connectivity index (χ3v) is 8.96. The molecule has 0 saturated heterocycles. The number of rotatable bonds is 13. The molecule has 0 atom stereocenters. The van der Waals surface area contributed by atoms with Crippen LogP contribution < -0.4 is 0 Å². The summed E-state index contributed by atoms with van der Waals surface area (Å²) >= 11 is 7.95. The molecule has 6 heteroatoms. The van der Waals surface area contributed by atoms with Gasteiger partial charge in [0.15, 0.2) is 0 Å². The molecule has 0 heterocycles. The molecule has 0 saturated carbocycles. The molecule has 0 spiro atoms. The first-order chi connectivity index (χ1) is 9.83. The second kappa shape index (κ2) is 14.0. The Hall–Kier alpha value is 1.62. The fourth-order valence-electron chi connectivity index (χ4n) is 1.95. The molecule has 0 bridgehead atoms. The van der Waals surface area contributed by atoms with Gasteiger partial charge in [0.05, 0.1) is 6.61 Å². The maximum Gasteiger partial charge on any atom is 0.333 e. The van der Waals surface area contributed by atoms with Crippen LogP contribution in [0.1, 0.15) is 64.7 Å². The zero-order valence-electron chi connectivity index (χ0n) is 12.9. The van der Waals surface area contributed by atoms with E-state index < -0.39 is 0.564 Å². The Morgan fingerprint density at radius 3 is 1.76 bits per heavy atom. The van der Waals surface area contributed by atoms with Crippen LogP contribution in [-0.4, -0.2) is 13.1 Å². The number of hydrogen-bond acceptors (Lipinski definition) is 2. The summed E-state index contributed by atoms with van der Waals surface area (Å²) in [5, 5.41) is 0. The van der Waals surface area contributed by atoms with Crippen LogP contribution in [0.25, 0.3) is 0 Å². The quantitative estimate of drug-likeness (QED) is 0.0545. The van der Waals surface area contributed by atoms with Gasteiger partial charge in [-0.15, -0.1) is 0 Å². The van der Waals surface area contributed by atoms with Crippen LogP contribution in [0.3, 0.4) is 0 Å². The molecule has 0 fully saturated rings. The third kappa shape index (κ3) is 17.8. The Labute approximate surface area is 169 Å². The summed E-state index contributed by atoms with van der Waals surface area (Å²) in [6, 6.07) is 1.44. The first-order valence-corrected chi connectivity index (χ1v) is 19.3. The second-order valence-corrected chi connectivity index (χ2v) is 42.3. The fourth-order valence-corrected chi connectivity index (χ4v) is 6.04. The highest BCUT2D eigenvalue weighted by Gasteiger charge is 2.19. The van der Waals surface area contributed by atoms with Crippen molar-refractivity contribution in [2.24, 2.45) is 0 Å². The molecule has 0 N–H and O–H groups in total. The summed E-state index contributed by atoms with van der Waals surface area (Å²) in [6.45, 7) is 5.79. The van der Waals surface area contributed by atoms with Crippen molar-refractivity contribution >= 4 is 71.9 Å². The van der Waals surface area contributed by atoms with Crippen LogP contribution in [0, 0.1) is 0 Å². The maximum atomic E-state index is 11.1. The third-order valence-electron chi connectivity index (χ3n) is 3.19. The van der Waals surface area contributed by atoms with Crippen LogP contribution >= 0.6 is 65.4 Å². The van der Waals surface area contributed by atoms with Gasteiger partial charge in [-0.25, -0.2) is 4.79 Å². The molecule has 0 aliphatic carbocycles. The van der Waals surface area contributed by atoms with Crippen molar-refractivity contribution < 1.29 is 9.53 Å². The van der Waals surface area contributed by atoms with Crippen molar-refractivity contribution in [3.8, 4) is 0 Å². The maximum absolute atomic E-state index is 11.1. The number of halogens is 3. The first kappa shape index (κ1) is 22.6. The highest BCUT2D eigenvalue weighted by atomic mass is 127. The zero-order chi connectivity index (χ0) is 16.1. The van der Waals surface area contributed by atoms with Gasteiger partial charge < -0.3 is 4.74 Å². The normalized spacial score (nSPS) is 11.4. The van der Waals surface area contributed by atoms with Gasteiger partial charge in [-0.2, -0.15) is 0 Å². The van der Waals surface area contributed by atoms with Gasteiger partial charge in [-0.05, 0) is 19.4 Å². The molecular formula is C15H27I3O2Si. The second-order valence-electron chi connectivity index (χ2n) is 5.46. The molecule has 0 aliphatic rings. The van der Waals surface area contributed by atoms with E-state index >= 15 is 0 Å². The van der Waals surface area contributed by atoms with Crippen molar-refractivity contribution in [2.75, 3.05) is 6.61 Å². The van der Waals surface area contributed by atoms with Gasteiger partial charge in [0.25, 0.3) is 0.564 Å². The molecule has 0 aromatic carbocycles. The van der Waals surface area contributed by atoms with Crippen LogP contribution in [-0.2, 0) is 9.53 Å². The molecule has 124 valence electrons. The Bertz CT molecular complexity index is 304. The Morgan fingerprint density at radius 1 is 0.905 bits per heavy atom. The lowest BCUT2D eigenvalue weighted by molar-refractivity contribution is -0.139. The Morgan fingerprint density at radius 2 is 1.33 bits per heavy atom. The van der Waals surface area contributed by atoms with Crippen LogP contribution in [0.4, 0.5) is 0 Å². The number of ether oxygens (including phenoxy) is 1. The number of hydrogen-bond donors (Lipinski definition) is 0. The van der Waals surface area contributed by atoms with E-state index in [1.165, 1.54) is 51.0 Å². The Balaban J connectivity index is 3.16. The molecule has 0 amide bonds. The highest BCUT2D eigenvalue weighted by molar-refractivity contribution is 14.4. The zero-order valence-corrected chi connectivity index (χ0v) is 20.4. The number of carbonyl (C=O) groups excluding carboxylic acids is 1. The highest BCUT2D eigenvalue weighted by Crippen LogP contribution is 2.35. The van der Waals surface area contributed by atoms with E-state index in [0.717, 1.165) is 12.8 Å². The lowest BCUT2D eigenvalue weighted by Crippen LogP contribution is -2.05. The van der Waals surface area contributed by atoms with Crippen molar-refractivity contribution in [3.05, 3.63) is 12.2 Å². The first-order valence-electron chi connectivity index (χ1n) is 7.72. The molecule has 21 heavy (non-hydrogen) atoms. The van der Waals surface area contributed by atoms with Gasteiger partial charge in [-0.3, -0.25) is 0 Å². The molecule has 0 aliphatic heterocycles. The lowest BCUT2D eigenvalue weighted by atomic mass is 10.1. The van der Waals surface area contributed by atoms with Gasteiger partial charge in [0.2, 0.25) is 0 Å². The van der Waals surface area contributed by atoms with Crippen molar-refractivity contribution in [2.45, 2.75) is 70.8 Å². The van der Waals surface area contributed by atoms with E-state index in [1.54, 1.807) is 6.92 Å². The minimum atomic E-state index is -0.898. The van der Waals surface area contributed by atoms with Gasteiger partial charge in [0.1, 0.15) is 0 Å². The molecular weight excluding hydrogens is 621 g/mol. The van der Waals surface area contributed by atoms with Crippen LogP contribution in [0.2, 0.25) is 6.04 Å². The minimum absolute atomic E-state index is 0.258.